The predicted molar refractivity (Wildman–Crippen MR) is 157 cm³/mol. The van der Waals surface area contributed by atoms with Crippen LogP contribution in [0.4, 0.5) is 11.4 Å². The summed E-state index contributed by atoms with van der Waals surface area (Å²) in [5.74, 6) is 1.48. The molecule has 0 aliphatic carbocycles. The number of ether oxygens (including phenoxy) is 2. The van der Waals surface area contributed by atoms with Crippen LogP contribution in [0.2, 0.25) is 0 Å². The molecule has 192 valence electrons. The maximum Gasteiger partial charge on any atom is 0.126 e. The monoisotopic (exact) mass is 486 g/mol. The molecule has 0 saturated carbocycles. The van der Waals surface area contributed by atoms with Gasteiger partial charge < -0.3 is 19.7 Å². The number of nitrogens with zero attached hydrogens (tertiary/aromatic N) is 1. The Hall–Kier alpha value is -3.66. The summed E-state index contributed by atoms with van der Waals surface area (Å²) in [4.78, 5) is 2.20. The van der Waals surface area contributed by atoms with Gasteiger partial charge in [0.2, 0.25) is 0 Å². The fourth-order valence-electron chi connectivity index (χ4n) is 3.42. The average Bonchev–Trinajstić information content (AvgIpc) is 2.92. The standard InChI is InChI=1S/C32H42N2O2/c1-8-10-23-33-30-19-14-28(15-20-30)13-18-29(26(4)35-6)24-32(36-7)25(3)11-12-27-16-21-31(22-17-27)34(5)9-2/h11-22,24,33H,3,8-10,23H2,1-2,4-7H3/b12-11+,18-13+,29-26+,32-24+. The number of hydrogen-bond donors (Lipinski definition) is 1. The Morgan fingerprint density at radius 1 is 0.917 bits per heavy atom. The number of benzene rings is 2. The largest absolute Gasteiger partial charge is 0.501 e. The van der Waals surface area contributed by atoms with E-state index in [2.05, 4.69) is 92.3 Å². The Balaban J connectivity index is 2.16. The molecule has 0 amide bonds. The van der Waals surface area contributed by atoms with Gasteiger partial charge in [-0.15, -0.1) is 0 Å². The van der Waals surface area contributed by atoms with Crippen molar-refractivity contribution in [3.63, 3.8) is 0 Å². The number of nitrogens with one attached hydrogen (secondary N) is 1. The van der Waals surface area contributed by atoms with Gasteiger partial charge in [-0.3, -0.25) is 0 Å². The van der Waals surface area contributed by atoms with Crippen LogP contribution in [0.5, 0.6) is 0 Å². The third-order valence-electron chi connectivity index (χ3n) is 6.05. The van der Waals surface area contributed by atoms with Crippen LogP contribution < -0.4 is 10.2 Å². The van der Waals surface area contributed by atoms with Crippen molar-refractivity contribution in [3.8, 4) is 0 Å². The second kappa shape index (κ2) is 15.4. The molecule has 0 atom stereocenters. The molecule has 0 unspecified atom stereocenters. The van der Waals surface area contributed by atoms with E-state index in [0.29, 0.717) is 5.76 Å². The summed E-state index contributed by atoms with van der Waals surface area (Å²) < 4.78 is 11.2. The molecule has 36 heavy (non-hydrogen) atoms. The summed E-state index contributed by atoms with van der Waals surface area (Å²) in [5, 5.41) is 3.45. The van der Waals surface area contributed by atoms with Crippen molar-refractivity contribution in [2.45, 2.75) is 33.6 Å². The molecule has 0 aliphatic heterocycles. The van der Waals surface area contributed by atoms with Crippen molar-refractivity contribution in [2.24, 2.45) is 0 Å². The Bertz CT molecular complexity index is 1070. The summed E-state index contributed by atoms with van der Waals surface area (Å²) in [6.07, 6.45) is 12.4. The summed E-state index contributed by atoms with van der Waals surface area (Å²) in [6, 6.07) is 16.9. The maximum absolute atomic E-state index is 5.68. The third-order valence-corrected chi connectivity index (χ3v) is 6.05. The van der Waals surface area contributed by atoms with Crippen molar-refractivity contribution in [3.05, 3.63) is 107 Å². The second-order valence-electron chi connectivity index (χ2n) is 8.63. The predicted octanol–water partition coefficient (Wildman–Crippen LogP) is 8.09. The fourth-order valence-corrected chi connectivity index (χ4v) is 3.42. The lowest BCUT2D eigenvalue weighted by molar-refractivity contribution is 0.288. The number of hydrogen-bond acceptors (Lipinski definition) is 4. The first-order valence-corrected chi connectivity index (χ1v) is 12.6. The zero-order valence-corrected chi connectivity index (χ0v) is 22.8. The summed E-state index contributed by atoms with van der Waals surface area (Å²) in [6.45, 7) is 12.5. The van der Waals surface area contributed by atoms with Crippen LogP contribution >= 0.6 is 0 Å². The highest BCUT2D eigenvalue weighted by Crippen LogP contribution is 2.21. The molecule has 0 aliphatic rings. The molecule has 0 fully saturated rings. The summed E-state index contributed by atoms with van der Waals surface area (Å²) in [5.41, 5.74) is 6.26. The lowest BCUT2D eigenvalue weighted by Gasteiger charge is -2.16. The minimum atomic E-state index is 0.681. The zero-order chi connectivity index (χ0) is 26.3. The molecular formula is C32H42N2O2. The van der Waals surface area contributed by atoms with Crippen LogP contribution in [0.25, 0.3) is 12.2 Å². The highest BCUT2D eigenvalue weighted by Gasteiger charge is 2.05. The average molecular weight is 487 g/mol. The molecule has 0 saturated heterocycles. The molecule has 0 aromatic heterocycles. The Labute approximate surface area is 218 Å². The second-order valence-corrected chi connectivity index (χ2v) is 8.63. The molecular weight excluding hydrogens is 444 g/mol. The number of unbranched alkanes of at least 4 members (excludes halogenated alkanes) is 1. The SMILES string of the molecule is C=C(/C=C/c1ccc(N(C)CC)cc1)\C(=C/C(/C=C/c1ccc(NCCCC)cc1)=C(\C)OC)OC. The van der Waals surface area contributed by atoms with E-state index in [1.54, 1.807) is 14.2 Å². The molecule has 4 heteroatoms. The fraction of sp³-hybridized carbons (Fsp3) is 0.312. The van der Waals surface area contributed by atoms with Gasteiger partial charge in [-0.05, 0) is 61.7 Å². The molecule has 0 spiro atoms. The van der Waals surface area contributed by atoms with Crippen molar-refractivity contribution in [2.75, 3.05) is 44.6 Å². The van der Waals surface area contributed by atoms with Crippen LogP contribution in [0.15, 0.2) is 96.0 Å². The maximum atomic E-state index is 5.68. The van der Waals surface area contributed by atoms with Crippen LogP contribution in [0.1, 0.15) is 44.7 Å². The van der Waals surface area contributed by atoms with E-state index in [1.165, 1.54) is 18.5 Å². The first-order valence-electron chi connectivity index (χ1n) is 12.6. The van der Waals surface area contributed by atoms with Crippen molar-refractivity contribution in [1.82, 2.24) is 0 Å². The molecule has 0 heterocycles. The first kappa shape index (κ1) is 28.6. The molecule has 2 aromatic carbocycles. The first-order chi connectivity index (χ1) is 17.4. The van der Waals surface area contributed by atoms with Gasteiger partial charge in [-0.1, -0.05) is 68.5 Å². The van der Waals surface area contributed by atoms with E-state index in [-0.39, 0.29) is 0 Å². The molecule has 2 rings (SSSR count). The van der Waals surface area contributed by atoms with E-state index >= 15 is 0 Å². The zero-order valence-electron chi connectivity index (χ0n) is 22.8. The van der Waals surface area contributed by atoms with Crippen LogP contribution in [-0.2, 0) is 9.47 Å². The molecule has 0 bridgehead atoms. The van der Waals surface area contributed by atoms with E-state index in [1.807, 2.05) is 31.2 Å². The normalized spacial score (nSPS) is 12.6. The van der Waals surface area contributed by atoms with E-state index < -0.39 is 0 Å². The number of rotatable bonds is 14. The molecule has 4 nitrogen and oxygen atoms in total. The van der Waals surface area contributed by atoms with Gasteiger partial charge in [0.25, 0.3) is 0 Å². The Kier molecular flexibility index (Phi) is 12.2. The Morgan fingerprint density at radius 2 is 1.53 bits per heavy atom. The topological polar surface area (TPSA) is 33.7 Å². The number of methoxy groups -OCH3 is 2. The highest BCUT2D eigenvalue weighted by molar-refractivity contribution is 5.61. The minimum absolute atomic E-state index is 0.681. The van der Waals surface area contributed by atoms with Gasteiger partial charge in [0.05, 0.1) is 20.0 Å². The molecule has 2 aromatic rings. The van der Waals surface area contributed by atoms with Gasteiger partial charge in [0.15, 0.2) is 0 Å². The van der Waals surface area contributed by atoms with Crippen molar-refractivity contribution < 1.29 is 9.47 Å². The lowest BCUT2D eigenvalue weighted by Crippen LogP contribution is -2.15. The van der Waals surface area contributed by atoms with Crippen LogP contribution in [-0.4, -0.2) is 34.4 Å². The highest BCUT2D eigenvalue weighted by atomic mass is 16.5. The molecule has 0 radical (unpaired) electrons. The molecule has 1 N–H and O–H groups in total. The van der Waals surface area contributed by atoms with Gasteiger partial charge in [-0.25, -0.2) is 0 Å². The van der Waals surface area contributed by atoms with Crippen molar-refractivity contribution >= 4 is 23.5 Å². The van der Waals surface area contributed by atoms with E-state index in [4.69, 9.17) is 9.47 Å². The quantitative estimate of drug-likeness (QED) is 0.166. The van der Waals surface area contributed by atoms with Crippen LogP contribution in [0.3, 0.4) is 0 Å². The van der Waals surface area contributed by atoms with Gasteiger partial charge in [0, 0.05) is 42.7 Å². The summed E-state index contributed by atoms with van der Waals surface area (Å²) >= 11 is 0. The number of allylic oxidation sites excluding steroid dienone is 5. The van der Waals surface area contributed by atoms with Gasteiger partial charge in [-0.2, -0.15) is 0 Å². The number of anilines is 2. The van der Waals surface area contributed by atoms with Gasteiger partial charge >= 0.3 is 0 Å². The minimum Gasteiger partial charge on any atom is -0.501 e. The van der Waals surface area contributed by atoms with E-state index in [9.17, 15) is 0 Å². The van der Waals surface area contributed by atoms with Crippen LogP contribution in [0, 0.1) is 0 Å². The van der Waals surface area contributed by atoms with Crippen molar-refractivity contribution in [1.29, 1.82) is 0 Å². The van der Waals surface area contributed by atoms with Gasteiger partial charge in [0.1, 0.15) is 5.76 Å². The van der Waals surface area contributed by atoms with E-state index in [0.717, 1.165) is 46.8 Å². The Morgan fingerprint density at radius 3 is 2.08 bits per heavy atom. The smallest absolute Gasteiger partial charge is 0.126 e. The summed E-state index contributed by atoms with van der Waals surface area (Å²) in [7, 11) is 5.42. The lowest BCUT2D eigenvalue weighted by atomic mass is 10.1. The third kappa shape index (κ3) is 9.18.